The molecule has 2 aliphatic rings. The Bertz CT molecular complexity index is 795. The van der Waals surface area contributed by atoms with Gasteiger partial charge in [-0.15, -0.1) is 10.2 Å². The molecular weight excluding hydrogens is 382 g/mol. The molecule has 1 amide bonds. The van der Waals surface area contributed by atoms with Gasteiger partial charge in [-0.3, -0.25) is 9.69 Å². The number of aryl methyl sites for hydroxylation is 1. The molecule has 1 aromatic heterocycles. The third-order valence-electron chi connectivity index (χ3n) is 6.07. The first-order valence-electron chi connectivity index (χ1n) is 10.8. The number of hydrogen-bond acceptors (Lipinski definition) is 5. The molecule has 1 aromatic carbocycles. The number of hydrogen-bond donors (Lipinski definition) is 0. The number of piperazine rings is 1. The Morgan fingerprint density at radius 1 is 1.03 bits per heavy atom. The van der Waals surface area contributed by atoms with Gasteiger partial charge >= 0.3 is 0 Å². The van der Waals surface area contributed by atoms with Crippen LogP contribution < -0.4 is 0 Å². The summed E-state index contributed by atoms with van der Waals surface area (Å²) in [7, 11) is 0. The summed E-state index contributed by atoms with van der Waals surface area (Å²) >= 11 is 1.55. The quantitative estimate of drug-likeness (QED) is 0.678. The van der Waals surface area contributed by atoms with Crippen LogP contribution in [0.3, 0.4) is 0 Å². The average Bonchev–Trinajstić information content (AvgIpc) is 3.14. The highest BCUT2D eigenvalue weighted by molar-refractivity contribution is 7.99. The van der Waals surface area contributed by atoms with Gasteiger partial charge in [0.05, 0.1) is 5.75 Å². The number of benzene rings is 1. The minimum atomic E-state index is 0.213. The summed E-state index contributed by atoms with van der Waals surface area (Å²) in [6, 6.07) is 11.0. The second-order valence-electron chi connectivity index (χ2n) is 8.12. The van der Waals surface area contributed by atoms with E-state index in [1.807, 2.05) is 17.9 Å². The first-order valence-corrected chi connectivity index (χ1v) is 11.8. The van der Waals surface area contributed by atoms with Crippen molar-refractivity contribution in [2.75, 3.05) is 31.9 Å². The molecule has 29 heavy (non-hydrogen) atoms. The summed E-state index contributed by atoms with van der Waals surface area (Å²) in [4.78, 5) is 17.2. The van der Waals surface area contributed by atoms with Crippen molar-refractivity contribution in [1.29, 1.82) is 0 Å². The van der Waals surface area contributed by atoms with E-state index in [-0.39, 0.29) is 5.91 Å². The summed E-state index contributed by atoms with van der Waals surface area (Å²) in [5.41, 5.74) is 1.33. The van der Waals surface area contributed by atoms with E-state index in [0.29, 0.717) is 11.8 Å². The van der Waals surface area contributed by atoms with Gasteiger partial charge in [0.2, 0.25) is 5.91 Å². The second-order valence-corrected chi connectivity index (χ2v) is 9.07. The van der Waals surface area contributed by atoms with Gasteiger partial charge in [-0.1, -0.05) is 61.4 Å². The van der Waals surface area contributed by atoms with Crippen LogP contribution >= 0.6 is 11.8 Å². The van der Waals surface area contributed by atoms with Crippen molar-refractivity contribution in [3.05, 3.63) is 41.7 Å². The Morgan fingerprint density at radius 2 is 1.76 bits per heavy atom. The number of rotatable bonds is 6. The second kappa shape index (κ2) is 9.76. The van der Waals surface area contributed by atoms with E-state index in [2.05, 4.69) is 43.9 Å². The number of aromatic nitrogens is 3. The minimum Gasteiger partial charge on any atom is -0.339 e. The maximum absolute atomic E-state index is 12.8. The Kier molecular flexibility index (Phi) is 6.87. The van der Waals surface area contributed by atoms with Crippen molar-refractivity contribution in [3.63, 3.8) is 0 Å². The molecule has 0 unspecified atom stereocenters. The first-order chi connectivity index (χ1) is 14.2. The molecule has 7 heteroatoms. The average molecular weight is 414 g/mol. The standard InChI is InChI=1S/C22H31N5OS/c1-18-23-24-22(27(18)20-10-6-3-7-11-20)29-17-21(28)26-14-12-25(13-15-26)16-19-8-4-2-5-9-19/h2,4-5,8-9,20H,3,6-7,10-17H2,1H3. The molecule has 4 rings (SSSR count). The Morgan fingerprint density at radius 3 is 2.48 bits per heavy atom. The molecule has 0 atom stereocenters. The summed E-state index contributed by atoms with van der Waals surface area (Å²) in [6.45, 7) is 6.47. The van der Waals surface area contributed by atoms with E-state index in [1.54, 1.807) is 11.8 Å². The zero-order valence-electron chi connectivity index (χ0n) is 17.3. The molecule has 6 nitrogen and oxygen atoms in total. The highest BCUT2D eigenvalue weighted by atomic mass is 32.2. The summed E-state index contributed by atoms with van der Waals surface area (Å²) in [5.74, 6) is 1.63. The van der Waals surface area contributed by atoms with Crippen molar-refractivity contribution >= 4 is 17.7 Å². The summed E-state index contributed by atoms with van der Waals surface area (Å²) < 4.78 is 2.27. The van der Waals surface area contributed by atoms with Crippen LogP contribution in [0.1, 0.15) is 49.5 Å². The molecule has 0 N–H and O–H groups in total. The lowest BCUT2D eigenvalue weighted by Gasteiger charge is -2.34. The van der Waals surface area contributed by atoms with Crippen LogP contribution in [-0.2, 0) is 11.3 Å². The predicted molar refractivity (Wildman–Crippen MR) is 116 cm³/mol. The van der Waals surface area contributed by atoms with E-state index in [9.17, 15) is 4.79 Å². The fourth-order valence-corrected chi connectivity index (χ4v) is 5.38. The van der Waals surface area contributed by atoms with Crippen LogP contribution in [0.5, 0.6) is 0 Å². The largest absolute Gasteiger partial charge is 0.339 e. The van der Waals surface area contributed by atoms with Crippen molar-refractivity contribution in [2.24, 2.45) is 0 Å². The lowest BCUT2D eigenvalue weighted by molar-refractivity contribution is -0.130. The van der Waals surface area contributed by atoms with Gasteiger partial charge < -0.3 is 9.47 Å². The van der Waals surface area contributed by atoms with E-state index in [0.717, 1.165) is 43.7 Å². The molecule has 2 heterocycles. The molecule has 2 aromatic rings. The van der Waals surface area contributed by atoms with Crippen molar-refractivity contribution in [1.82, 2.24) is 24.6 Å². The number of nitrogens with zero attached hydrogens (tertiary/aromatic N) is 5. The fraction of sp³-hybridized carbons (Fsp3) is 0.591. The van der Waals surface area contributed by atoms with E-state index < -0.39 is 0 Å². The topological polar surface area (TPSA) is 54.3 Å². The van der Waals surface area contributed by atoms with Crippen molar-refractivity contribution in [3.8, 4) is 0 Å². The zero-order chi connectivity index (χ0) is 20.1. The summed E-state index contributed by atoms with van der Waals surface area (Å²) in [6.07, 6.45) is 6.28. The Balaban J connectivity index is 1.27. The summed E-state index contributed by atoms with van der Waals surface area (Å²) in [5, 5.41) is 9.56. The van der Waals surface area contributed by atoms with Gasteiger partial charge in [0.15, 0.2) is 5.16 Å². The molecule has 1 aliphatic carbocycles. The zero-order valence-corrected chi connectivity index (χ0v) is 18.1. The molecule has 1 aliphatic heterocycles. The van der Waals surface area contributed by atoms with Gasteiger partial charge in [-0.05, 0) is 25.3 Å². The lowest BCUT2D eigenvalue weighted by atomic mass is 9.95. The van der Waals surface area contributed by atoms with Gasteiger partial charge in [-0.2, -0.15) is 0 Å². The predicted octanol–water partition coefficient (Wildman–Crippen LogP) is 3.53. The smallest absolute Gasteiger partial charge is 0.233 e. The molecule has 156 valence electrons. The van der Waals surface area contributed by atoms with Gasteiger partial charge in [-0.25, -0.2) is 0 Å². The normalized spacial score (nSPS) is 18.9. The van der Waals surface area contributed by atoms with Crippen LogP contribution in [0.25, 0.3) is 0 Å². The maximum atomic E-state index is 12.8. The van der Waals surface area contributed by atoms with Crippen LogP contribution in [0.4, 0.5) is 0 Å². The SMILES string of the molecule is Cc1nnc(SCC(=O)N2CCN(Cc3ccccc3)CC2)n1C1CCCCC1. The minimum absolute atomic E-state index is 0.213. The Hall–Kier alpha value is -1.86. The molecule has 2 fully saturated rings. The third-order valence-corrected chi connectivity index (χ3v) is 7.00. The third kappa shape index (κ3) is 5.20. The molecule has 0 radical (unpaired) electrons. The van der Waals surface area contributed by atoms with Crippen molar-refractivity contribution < 1.29 is 4.79 Å². The van der Waals surface area contributed by atoms with E-state index in [4.69, 9.17) is 0 Å². The lowest BCUT2D eigenvalue weighted by Crippen LogP contribution is -2.48. The van der Waals surface area contributed by atoms with Gasteiger partial charge in [0.1, 0.15) is 5.82 Å². The van der Waals surface area contributed by atoms with Crippen LogP contribution in [0.2, 0.25) is 0 Å². The van der Waals surface area contributed by atoms with Crippen LogP contribution in [0.15, 0.2) is 35.5 Å². The number of carbonyl (C=O) groups is 1. The fourth-order valence-electron chi connectivity index (χ4n) is 4.42. The van der Waals surface area contributed by atoms with Crippen LogP contribution in [-0.4, -0.2) is 62.4 Å². The highest BCUT2D eigenvalue weighted by Crippen LogP contribution is 2.32. The molecule has 0 spiro atoms. The number of thioether (sulfide) groups is 1. The monoisotopic (exact) mass is 413 g/mol. The van der Waals surface area contributed by atoms with Crippen molar-refractivity contribution in [2.45, 2.75) is 56.8 Å². The molecular formula is C22H31N5OS. The van der Waals surface area contributed by atoms with E-state index >= 15 is 0 Å². The maximum Gasteiger partial charge on any atom is 0.233 e. The van der Waals surface area contributed by atoms with Gasteiger partial charge in [0.25, 0.3) is 0 Å². The first kappa shape index (κ1) is 20.4. The van der Waals surface area contributed by atoms with Gasteiger partial charge in [0, 0.05) is 38.8 Å². The molecule has 0 bridgehead atoms. The number of amides is 1. The highest BCUT2D eigenvalue weighted by Gasteiger charge is 2.24. The molecule has 1 saturated carbocycles. The number of carbonyl (C=O) groups excluding carboxylic acids is 1. The van der Waals surface area contributed by atoms with Crippen LogP contribution in [0, 0.1) is 6.92 Å². The Labute approximate surface area is 177 Å². The van der Waals surface area contributed by atoms with E-state index in [1.165, 1.54) is 37.7 Å². The molecule has 1 saturated heterocycles.